The van der Waals surface area contributed by atoms with Gasteiger partial charge in [0.15, 0.2) is 0 Å². The molecule has 0 aliphatic carbocycles. The second-order valence-corrected chi connectivity index (χ2v) is 13.0. The van der Waals surface area contributed by atoms with Crippen LogP contribution in [0.4, 0.5) is 17.1 Å². The van der Waals surface area contributed by atoms with Crippen molar-refractivity contribution in [2.75, 3.05) is 4.90 Å². The van der Waals surface area contributed by atoms with Gasteiger partial charge in [0.05, 0.1) is 11.2 Å². The second kappa shape index (κ2) is 12.0. The van der Waals surface area contributed by atoms with E-state index >= 15 is 0 Å². The van der Waals surface area contributed by atoms with Gasteiger partial charge in [0.25, 0.3) is 0 Å². The molecule has 0 spiro atoms. The second-order valence-electron chi connectivity index (χ2n) is 13.0. The van der Waals surface area contributed by atoms with Crippen molar-refractivity contribution in [3.05, 3.63) is 200 Å². The molecule has 0 amide bonds. The van der Waals surface area contributed by atoms with E-state index < -0.39 is 0 Å². The van der Waals surface area contributed by atoms with Gasteiger partial charge in [-0.25, -0.2) is 0 Å². The quantitative estimate of drug-likeness (QED) is 0.167. The van der Waals surface area contributed by atoms with Crippen LogP contribution >= 0.6 is 0 Å². The van der Waals surface area contributed by atoms with Crippen LogP contribution in [-0.2, 0) is 0 Å². The molecule has 0 unspecified atom stereocenters. The van der Waals surface area contributed by atoms with Crippen LogP contribution in [0.25, 0.3) is 76.1 Å². The number of anilines is 3. The summed E-state index contributed by atoms with van der Waals surface area (Å²) >= 11 is 0. The van der Waals surface area contributed by atoms with Crippen molar-refractivity contribution >= 4 is 70.9 Å². The molecule has 0 saturated carbocycles. The SMILES string of the molecule is [2H]c1c([2H])c(N(c2ccc(-c3cccc4ccccc34)cc2)c2cc3ccccc3c3ccccc23)c([2H])c([2H])c1-c1ccc2ccc3ccccc3c2c1. The van der Waals surface area contributed by atoms with E-state index in [9.17, 15) is 5.48 Å². The molecule has 0 N–H and O–H groups in total. The van der Waals surface area contributed by atoms with Gasteiger partial charge in [-0.15, -0.1) is 0 Å². The molecule has 0 aromatic heterocycles. The highest BCUT2D eigenvalue weighted by Crippen LogP contribution is 2.43. The minimum Gasteiger partial charge on any atom is -0.310 e. The molecule has 10 aromatic carbocycles. The normalized spacial score (nSPS) is 12.6. The van der Waals surface area contributed by atoms with Gasteiger partial charge in [-0.2, -0.15) is 0 Å². The zero-order valence-electron chi connectivity index (χ0n) is 31.7. The summed E-state index contributed by atoms with van der Waals surface area (Å²) in [5, 5.41) is 10.7. The fourth-order valence-electron chi connectivity index (χ4n) is 7.59. The minimum absolute atomic E-state index is 0.0851. The summed E-state index contributed by atoms with van der Waals surface area (Å²) in [6, 6.07) is 59.3. The Hall–Kier alpha value is -6.70. The van der Waals surface area contributed by atoms with Crippen molar-refractivity contribution in [2.45, 2.75) is 0 Å². The van der Waals surface area contributed by atoms with Gasteiger partial charge in [-0.05, 0) is 107 Å². The van der Waals surface area contributed by atoms with Gasteiger partial charge >= 0.3 is 0 Å². The highest BCUT2D eigenvalue weighted by Gasteiger charge is 2.18. The Kier molecular flexibility index (Phi) is 5.96. The highest BCUT2D eigenvalue weighted by atomic mass is 15.1. The zero-order chi connectivity index (χ0) is 37.2. The first-order valence-electron chi connectivity index (χ1n) is 19.3. The van der Waals surface area contributed by atoms with Crippen molar-refractivity contribution in [1.29, 1.82) is 0 Å². The predicted octanol–water partition coefficient (Wildman–Crippen LogP) is 14.3. The molecule has 1 nitrogen and oxygen atoms in total. The smallest absolute Gasteiger partial charge is 0.0645 e. The Labute approximate surface area is 302 Å². The van der Waals surface area contributed by atoms with Crippen molar-refractivity contribution in [3.8, 4) is 22.3 Å². The molecule has 51 heavy (non-hydrogen) atoms. The van der Waals surface area contributed by atoms with Crippen molar-refractivity contribution < 1.29 is 5.48 Å². The van der Waals surface area contributed by atoms with Crippen LogP contribution in [-0.4, -0.2) is 0 Å². The molecule has 0 fully saturated rings. The Morgan fingerprint density at radius 2 is 0.843 bits per heavy atom. The fourth-order valence-corrected chi connectivity index (χ4v) is 7.59. The molecule has 0 saturated heterocycles. The fraction of sp³-hybridized carbons (Fsp3) is 0. The van der Waals surface area contributed by atoms with Gasteiger partial charge in [0.1, 0.15) is 0 Å². The third-order valence-electron chi connectivity index (χ3n) is 10.1. The Morgan fingerprint density at radius 1 is 0.314 bits per heavy atom. The van der Waals surface area contributed by atoms with Gasteiger partial charge in [0, 0.05) is 16.8 Å². The Bertz CT molecular complexity index is 3120. The Balaban J connectivity index is 1.21. The van der Waals surface area contributed by atoms with E-state index in [0.717, 1.165) is 76.4 Å². The lowest BCUT2D eigenvalue weighted by atomic mass is 9.96. The molecule has 0 aliphatic heterocycles. The lowest BCUT2D eigenvalue weighted by Gasteiger charge is -2.28. The van der Waals surface area contributed by atoms with E-state index in [2.05, 4.69) is 103 Å². The summed E-state index contributed by atoms with van der Waals surface area (Å²) in [6.07, 6.45) is 0. The molecule has 238 valence electrons. The Morgan fingerprint density at radius 3 is 1.59 bits per heavy atom. The summed E-state index contributed by atoms with van der Waals surface area (Å²) < 4.78 is 38.3. The standard InChI is InChI=1S/C50H33N/c1-4-14-43-35(10-1)13-9-19-44(43)37-26-30-42(31-27-37)51(50-33-40-12-3-6-16-46(40)47-17-7-8-18-48(47)50)41-28-24-34(25-29-41)39-23-22-38-21-20-36-11-2-5-15-45(36)49(38)32-39/h1-33H/i24D,25D,28D,29D. The summed E-state index contributed by atoms with van der Waals surface area (Å²) in [5.74, 6) is 0. The first kappa shape index (κ1) is 25.3. The van der Waals surface area contributed by atoms with E-state index in [1.54, 1.807) is 0 Å². The predicted molar refractivity (Wildman–Crippen MR) is 220 cm³/mol. The molecular weight excluding hydrogens is 615 g/mol. The molecular formula is C50H33N. The van der Waals surface area contributed by atoms with Gasteiger partial charge < -0.3 is 4.90 Å². The van der Waals surface area contributed by atoms with Crippen LogP contribution in [0.15, 0.2) is 200 Å². The molecule has 0 aliphatic rings. The topological polar surface area (TPSA) is 3.24 Å². The minimum atomic E-state index is -0.107. The molecule has 0 bridgehead atoms. The number of rotatable bonds is 5. The van der Waals surface area contributed by atoms with E-state index in [4.69, 9.17) is 0 Å². The first-order valence-corrected chi connectivity index (χ1v) is 17.3. The third kappa shape index (κ3) is 5.02. The maximum atomic E-state index is 9.65. The molecule has 0 heterocycles. The van der Waals surface area contributed by atoms with Gasteiger partial charge in [-0.3, -0.25) is 0 Å². The van der Waals surface area contributed by atoms with E-state index in [1.807, 2.05) is 77.7 Å². The highest BCUT2D eigenvalue weighted by molar-refractivity contribution is 6.15. The molecule has 10 rings (SSSR count). The van der Waals surface area contributed by atoms with Gasteiger partial charge in [-0.1, -0.05) is 164 Å². The van der Waals surface area contributed by atoms with Crippen LogP contribution in [0.2, 0.25) is 0 Å². The van der Waals surface area contributed by atoms with Crippen molar-refractivity contribution in [1.82, 2.24) is 0 Å². The monoisotopic (exact) mass is 651 g/mol. The van der Waals surface area contributed by atoms with Crippen molar-refractivity contribution in [2.24, 2.45) is 0 Å². The maximum absolute atomic E-state index is 9.65. The number of fused-ring (bicyclic) bond motifs is 7. The zero-order valence-corrected chi connectivity index (χ0v) is 27.7. The van der Waals surface area contributed by atoms with Gasteiger partial charge in [0.2, 0.25) is 0 Å². The van der Waals surface area contributed by atoms with Crippen LogP contribution in [0.1, 0.15) is 5.48 Å². The number of hydrogen-bond acceptors (Lipinski definition) is 1. The lowest BCUT2D eigenvalue weighted by Crippen LogP contribution is -2.10. The summed E-state index contributed by atoms with van der Waals surface area (Å²) in [7, 11) is 0. The van der Waals surface area contributed by atoms with E-state index in [0.29, 0.717) is 5.56 Å². The number of hydrogen-bond donors (Lipinski definition) is 0. The third-order valence-corrected chi connectivity index (χ3v) is 10.1. The molecule has 1 heteroatoms. The first-order chi connectivity index (χ1) is 27.0. The van der Waals surface area contributed by atoms with Crippen LogP contribution < -0.4 is 4.90 Å². The summed E-state index contributed by atoms with van der Waals surface area (Å²) in [4.78, 5) is 1.92. The molecule has 0 atom stereocenters. The lowest BCUT2D eigenvalue weighted by molar-refractivity contribution is 1.30. The number of nitrogens with zero attached hydrogens (tertiary/aromatic N) is 1. The van der Waals surface area contributed by atoms with E-state index in [-0.39, 0.29) is 35.4 Å². The average Bonchev–Trinajstić information content (AvgIpc) is 3.24. The summed E-state index contributed by atoms with van der Waals surface area (Å²) in [6.45, 7) is 0. The van der Waals surface area contributed by atoms with Crippen LogP contribution in [0, 0.1) is 0 Å². The van der Waals surface area contributed by atoms with Crippen LogP contribution in [0.3, 0.4) is 0 Å². The molecule has 10 aromatic rings. The number of benzene rings is 10. The van der Waals surface area contributed by atoms with Crippen LogP contribution in [0.5, 0.6) is 0 Å². The average molecular weight is 652 g/mol. The summed E-state index contributed by atoms with van der Waals surface area (Å²) in [5.41, 5.74) is 4.79. The largest absolute Gasteiger partial charge is 0.310 e. The van der Waals surface area contributed by atoms with E-state index in [1.165, 1.54) is 0 Å². The molecule has 0 radical (unpaired) electrons. The maximum Gasteiger partial charge on any atom is 0.0645 e. The van der Waals surface area contributed by atoms with Crippen molar-refractivity contribution in [3.63, 3.8) is 0 Å².